The van der Waals surface area contributed by atoms with Gasteiger partial charge >= 0.3 is 5.69 Å². The second-order valence-electron chi connectivity index (χ2n) is 11.6. The van der Waals surface area contributed by atoms with Gasteiger partial charge in [0.15, 0.2) is 23.1 Å². The van der Waals surface area contributed by atoms with E-state index in [-0.39, 0.29) is 59.5 Å². The Bertz CT molecular complexity index is 1880. The Balaban J connectivity index is 1.87. The molecule has 0 unspecified atom stereocenters. The normalized spacial score (nSPS) is 16.9. The third-order valence-corrected chi connectivity index (χ3v) is 8.16. The van der Waals surface area contributed by atoms with Gasteiger partial charge in [0.25, 0.3) is 0 Å². The van der Waals surface area contributed by atoms with Gasteiger partial charge in [0.05, 0.1) is 23.4 Å². The molecule has 0 N–H and O–H groups in total. The van der Waals surface area contributed by atoms with E-state index in [0.29, 0.717) is 23.5 Å². The highest BCUT2D eigenvalue weighted by Crippen LogP contribution is 2.36. The fourth-order valence-electron chi connectivity index (χ4n) is 5.95. The van der Waals surface area contributed by atoms with Crippen molar-refractivity contribution in [2.24, 2.45) is 0 Å². The standard InChI is InChI=1S/C33H35F3N6O3/c1-8-25(43)40-14-20(6)41(15-19(40)5)31-22-13-24(35)29(26-21(16-45-7)9-10-23(34)27(26)36)38-32(22)42(33(44)39-31)30-18(4)11-12-37-28(30)17(2)3/h8-13,17,19-20H,1,14-16H2,2-7H3/t19-,20+/m1/s1. The number of pyridine rings is 2. The minimum absolute atomic E-state index is 0.00382. The number of benzene rings is 1. The number of anilines is 1. The molecule has 1 fully saturated rings. The first-order valence-electron chi connectivity index (χ1n) is 14.6. The summed E-state index contributed by atoms with van der Waals surface area (Å²) in [6, 6.07) is 4.53. The molecule has 4 aromatic rings. The monoisotopic (exact) mass is 620 g/mol. The average molecular weight is 621 g/mol. The number of aryl methyl sites for hydroxylation is 1. The van der Waals surface area contributed by atoms with Gasteiger partial charge in [0.2, 0.25) is 5.91 Å². The molecule has 45 heavy (non-hydrogen) atoms. The molecule has 5 rings (SSSR count). The molecule has 0 radical (unpaired) electrons. The first-order valence-corrected chi connectivity index (χ1v) is 14.6. The number of fused-ring (bicyclic) bond motifs is 1. The average Bonchev–Trinajstić information content (AvgIpc) is 3.00. The molecule has 1 saturated heterocycles. The molecular formula is C33H35F3N6O3. The zero-order valence-electron chi connectivity index (χ0n) is 26.1. The molecule has 0 saturated carbocycles. The number of carbonyl (C=O) groups excluding carboxylic acids is 1. The number of aromatic nitrogens is 4. The number of methoxy groups -OCH3 is 1. The van der Waals surface area contributed by atoms with Crippen LogP contribution in [0.4, 0.5) is 19.0 Å². The third kappa shape index (κ3) is 5.58. The SMILES string of the molecule is C=CC(=O)N1C[C@H](C)N(c2nc(=O)n(-c3c(C)ccnc3C(C)C)c3nc(-c4c(COC)ccc(F)c4F)c(F)cc23)C[C@H]1C. The summed E-state index contributed by atoms with van der Waals surface area (Å²) in [5, 5.41) is 0.182. The van der Waals surface area contributed by atoms with Crippen molar-refractivity contribution in [1.29, 1.82) is 0 Å². The number of ether oxygens (including phenoxy) is 1. The number of halogens is 3. The highest BCUT2D eigenvalue weighted by Gasteiger charge is 2.34. The van der Waals surface area contributed by atoms with Crippen LogP contribution in [0.3, 0.4) is 0 Å². The van der Waals surface area contributed by atoms with Crippen LogP contribution >= 0.6 is 0 Å². The van der Waals surface area contributed by atoms with Gasteiger partial charge in [-0.2, -0.15) is 4.98 Å². The lowest BCUT2D eigenvalue weighted by Crippen LogP contribution is -2.58. The molecule has 4 heterocycles. The van der Waals surface area contributed by atoms with Crippen molar-refractivity contribution in [3.63, 3.8) is 0 Å². The van der Waals surface area contributed by atoms with E-state index in [1.807, 2.05) is 39.5 Å². The van der Waals surface area contributed by atoms with Crippen molar-refractivity contribution in [2.75, 3.05) is 25.1 Å². The van der Waals surface area contributed by atoms with Crippen LogP contribution in [0.5, 0.6) is 0 Å². The van der Waals surface area contributed by atoms with Crippen LogP contribution in [0, 0.1) is 24.4 Å². The first kappa shape index (κ1) is 31.8. The van der Waals surface area contributed by atoms with Crippen LogP contribution in [-0.4, -0.2) is 62.6 Å². The zero-order chi connectivity index (χ0) is 32.7. The van der Waals surface area contributed by atoms with Gasteiger partial charge in [-0.1, -0.05) is 26.5 Å². The molecule has 2 atom stereocenters. The largest absolute Gasteiger partial charge is 0.380 e. The highest BCUT2D eigenvalue weighted by atomic mass is 19.2. The Labute approximate surface area is 259 Å². The number of hydrogen-bond donors (Lipinski definition) is 0. The van der Waals surface area contributed by atoms with Gasteiger partial charge in [-0.25, -0.2) is 27.5 Å². The van der Waals surface area contributed by atoms with E-state index in [9.17, 15) is 14.0 Å². The lowest BCUT2D eigenvalue weighted by molar-refractivity contribution is -0.128. The highest BCUT2D eigenvalue weighted by molar-refractivity contribution is 5.91. The van der Waals surface area contributed by atoms with Gasteiger partial charge < -0.3 is 14.5 Å². The van der Waals surface area contributed by atoms with Crippen LogP contribution in [0.1, 0.15) is 50.4 Å². The van der Waals surface area contributed by atoms with Gasteiger partial charge in [-0.3, -0.25) is 9.78 Å². The lowest BCUT2D eigenvalue weighted by Gasteiger charge is -2.44. The van der Waals surface area contributed by atoms with Gasteiger partial charge in [-0.05, 0) is 62.1 Å². The molecule has 1 aliphatic heterocycles. The molecule has 0 aliphatic carbocycles. The molecule has 12 heteroatoms. The first-order chi connectivity index (χ1) is 21.4. The number of rotatable bonds is 7. The predicted octanol–water partition coefficient (Wildman–Crippen LogP) is 5.45. The Hall–Kier alpha value is -4.58. The van der Waals surface area contributed by atoms with Crippen molar-refractivity contribution < 1.29 is 22.7 Å². The molecule has 0 bridgehead atoms. The van der Waals surface area contributed by atoms with Gasteiger partial charge in [0.1, 0.15) is 11.5 Å². The number of amides is 1. The maximum absolute atomic E-state index is 16.2. The molecule has 9 nitrogen and oxygen atoms in total. The topological polar surface area (TPSA) is 93.5 Å². The zero-order valence-corrected chi connectivity index (χ0v) is 26.1. The van der Waals surface area contributed by atoms with E-state index in [0.717, 1.165) is 12.1 Å². The van der Waals surface area contributed by atoms with E-state index < -0.39 is 34.4 Å². The van der Waals surface area contributed by atoms with Crippen molar-refractivity contribution in [2.45, 2.75) is 59.2 Å². The maximum atomic E-state index is 16.2. The van der Waals surface area contributed by atoms with E-state index in [4.69, 9.17) is 4.74 Å². The lowest BCUT2D eigenvalue weighted by atomic mass is 10.0. The predicted molar refractivity (Wildman–Crippen MR) is 166 cm³/mol. The number of nitrogens with zero attached hydrogens (tertiary/aromatic N) is 6. The fraction of sp³-hybridized carbons (Fsp3) is 0.364. The molecule has 3 aromatic heterocycles. The van der Waals surface area contributed by atoms with Crippen LogP contribution in [-0.2, 0) is 16.1 Å². The Morgan fingerprint density at radius 2 is 1.84 bits per heavy atom. The van der Waals surface area contributed by atoms with Crippen molar-refractivity contribution in [3.8, 4) is 16.9 Å². The van der Waals surface area contributed by atoms with Gasteiger partial charge in [0, 0.05) is 44.0 Å². The van der Waals surface area contributed by atoms with Gasteiger partial charge in [-0.15, -0.1) is 0 Å². The molecule has 236 valence electrons. The number of carbonyl (C=O) groups is 1. The molecular weight excluding hydrogens is 585 g/mol. The summed E-state index contributed by atoms with van der Waals surface area (Å²) in [5.41, 5.74) is 0.276. The number of piperazine rings is 1. The summed E-state index contributed by atoms with van der Waals surface area (Å²) in [6.45, 7) is 13.4. The fourth-order valence-corrected chi connectivity index (χ4v) is 5.95. The van der Waals surface area contributed by atoms with E-state index in [2.05, 4.69) is 21.5 Å². The molecule has 1 aliphatic rings. The van der Waals surface area contributed by atoms with E-state index >= 15 is 8.78 Å². The quantitative estimate of drug-likeness (QED) is 0.254. The second kappa shape index (κ2) is 12.4. The van der Waals surface area contributed by atoms with Crippen molar-refractivity contribution in [1.82, 2.24) is 24.4 Å². The molecule has 1 amide bonds. The maximum Gasteiger partial charge on any atom is 0.355 e. The Morgan fingerprint density at radius 1 is 1.11 bits per heavy atom. The minimum Gasteiger partial charge on any atom is -0.380 e. The second-order valence-corrected chi connectivity index (χ2v) is 11.6. The van der Waals surface area contributed by atoms with Crippen LogP contribution in [0.2, 0.25) is 0 Å². The third-order valence-electron chi connectivity index (χ3n) is 8.16. The summed E-state index contributed by atoms with van der Waals surface area (Å²) < 4.78 is 52.6. The van der Waals surface area contributed by atoms with E-state index in [1.54, 1.807) is 17.2 Å². The van der Waals surface area contributed by atoms with Crippen molar-refractivity contribution in [3.05, 3.63) is 87.9 Å². The summed E-state index contributed by atoms with van der Waals surface area (Å²) in [7, 11) is 1.38. The minimum atomic E-state index is -1.29. The smallest absolute Gasteiger partial charge is 0.355 e. The molecule has 0 spiro atoms. The Morgan fingerprint density at radius 3 is 2.51 bits per heavy atom. The Kier molecular flexibility index (Phi) is 8.79. The summed E-state index contributed by atoms with van der Waals surface area (Å²) in [5.74, 6) is -3.59. The van der Waals surface area contributed by atoms with Crippen LogP contribution in [0.15, 0.2) is 47.9 Å². The molecule has 1 aromatic carbocycles. The van der Waals surface area contributed by atoms with Crippen LogP contribution < -0.4 is 10.6 Å². The summed E-state index contributed by atoms with van der Waals surface area (Å²) >= 11 is 0. The van der Waals surface area contributed by atoms with Crippen molar-refractivity contribution >= 4 is 22.8 Å². The van der Waals surface area contributed by atoms with Crippen LogP contribution in [0.25, 0.3) is 28.0 Å². The summed E-state index contributed by atoms with van der Waals surface area (Å²) in [4.78, 5) is 43.6. The number of hydrogen-bond acceptors (Lipinski definition) is 7. The summed E-state index contributed by atoms with van der Waals surface area (Å²) in [6.07, 6.45) is 2.88. The van der Waals surface area contributed by atoms with E-state index in [1.165, 1.54) is 23.8 Å².